The smallest absolute Gasteiger partial charge is 0.207 e. The van der Waals surface area contributed by atoms with Gasteiger partial charge < -0.3 is 0 Å². The van der Waals surface area contributed by atoms with E-state index in [2.05, 4.69) is 10.8 Å². The van der Waals surface area contributed by atoms with Crippen LogP contribution in [0.5, 0.6) is 0 Å². The van der Waals surface area contributed by atoms with Crippen LogP contribution in [0.4, 0.5) is 0 Å². The van der Waals surface area contributed by atoms with E-state index in [1.807, 2.05) is 44.2 Å². The first kappa shape index (κ1) is 15.3. The zero-order chi connectivity index (χ0) is 15.7. The van der Waals surface area contributed by atoms with Crippen molar-refractivity contribution in [2.45, 2.75) is 44.0 Å². The molecule has 2 aromatic rings. The quantitative estimate of drug-likeness (QED) is 0.939. The Morgan fingerprint density at radius 1 is 1.09 bits per heavy atom. The van der Waals surface area contributed by atoms with Crippen LogP contribution in [0, 0.1) is 13.8 Å². The van der Waals surface area contributed by atoms with E-state index in [1.54, 1.807) is 6.07 Å². The summed E-state index contributed by atoms with van der Waals surface area (Å²) in [4.78, 5) is 0.376. The second kappa shape index (κ2) is 5.86. The highest BCUT2D eigenvalue weighted by molar-refractivity contribution is 7.89. The van der Waals surface area contributed by atoms with Crippen molar-refractivity contribution in [2.24, 2.45) is 0 Å². The molecule has 1 atom stereocenters. The van der Waals surface area contributed by atoms with Gasteiger partial charge in [-0.05, 0) is 55.9 Å². The van der Waals surface area contributed by atoms with E-state index in [0.717, 1.165) is 36.0 Å². The van der Waals surface area contributed by atoms with Gasteiger partial charge in [0.1, 0.15) is 0 Å². The standard InChI is InChI=1S/C18H21NO2S/c1-13-10-11-18(14(2)12-13)22(20,21)19-17-9-5-7-15-6-3-4-8-16(15)17/h3-4,6,8,10-12,17,19H,5,7,9H2,1-2H3/t17-/m0/s1. The summed E-state index contributed by atoms with van der Waals surface area (Å²) in [6.45, 7) is 3.81. The molecule has 116 valence electrons. The number of fused-ring (bicyclic) bond motifs is 1. The third-order valence-corrected chi connectivity index (χ3v) is 5.92. The molecule has 0 fully saturated rings. The van der Waals surface area contributed by atoms with Gasteiger partial charge in [0, 0.05) is 6.04 Å². The highest BCUT2D eigenvalue weighted by Crippen LogP contribution is 2.31. The maximum Gasteiger partial charge on any atom is 0.241 e. The van der Waals surface area contributed by atoms with Crippen molar-refractivity contribution in [1.29, 1.82) is 0 Å². The molecule has 0 amide bonds. The predicted octanol–water partition coefficient (Wildman–Crippen LogP) is 3.66. The Kier molecular flexibility index (Phi) is 4.06. The molecule has 1 aliphatic rings. The summed E-state index contributed by atoms with van der Waals surface area (Å²) in [5.74, 6) is 0. The molecular weight excluding hydrogens is 294 g/mol. The van der Waals surface area contributed by atoms with Gasteiger partial charge in [0.25, 0.3) is 0 Å². The predicted molar refractivity (Wildman–Crippen MR) is 88.4 cm³/mol. The molecule has 0 radical (unpaired) electrons. The van der Waals surface area contributed by atoms with Crippen molar-refractivity contribution < 1.29 is 8.42 Å². The SMILES string of the molecule is Cc1ccc(S(=O)(=O)N[C@H]2CCCc3ccccc32)c(C)c1. The van der Waals surface area contributed by atoms with E-state index < -0.39 is 10.0 Å². The lowest BCUT2D eigenvalue weighted by Crippen LogP contribution is -2.31. The molecule has 0 aliphatic heterocycles. The lowest BCUT2D eigenvalue weighted by molar-refractivity contribution is 0.507. The molecule has 4 heteroatoms. The van der Waals surface area contributed by atoms with Gasteiger partial charge in [-0.2, -0.15) is 0 Å². The third kappa shape index (κ3) is 2.94. The van der Waals surface area contributed by atoms with Gasteiger partial charge >= 0.3 is 0 Å². The second-order valence-corrected chi connectivity index (χ2v) is 7.72. The Morgan fingerprint density at radius 3 is 2.64 bits per heavy atom. The summed E-state index contributed by atoms with van der Waals surface area (Å²) < 4.78 is 28.4. The van der Waals surface area contributed by atoms with E-state index in [-0.39, 0.29) is 6.04 Å². The number of benzene rings is 2. The number of sulfonamides is 1. The molecule has 0 unspecified atom stereocenters. The largest absolute Gasteiger partial charge is 0.241 e. The summed E-state index contributed by atoms with van der Waals surface area (Å²) >= 11 is 0. The van der Waals surface area contributed by atoms with Gasteiger partial charge in [0.2, 0.25) is 10.0 Å². The van der Waals surface area contributed by atoms with Gasteiger partial charge in [0.15, 0.2) is 0 Å². The molecule has 22 heavy (non-hydrogen) atoms. The first-order valence-corrected chi connectivity index (χ1v) is 9.13. The zero-order valence-electron chi connectivity index (χ0n) is 13.0. The van der Waals surface area contributed by atoms with Crippen LogP contribution in [-0.4, -0.2) is 8.42 Å². The summed E-state index contributed by atoms with van der Waals surface area (Å²) in [5, 5.41) is 0. The van der Waals surface area contributed by atoms with E-state index in [1.165, 1.54) is 5.56 Å². The fourth-order valence-electron chi connectivity index (χ4n) is 3.23. The molecule has 2 aromatic carbocycles. The maximum absolute atomic E-state index is 12.7. The van der Waals surface area contributed by atoms with Crippen molar-refractivity contribution in [3.8, 4) is 0 Å². The first-order valence-electron chi connectivity index (χ1n) is 7.65. The van der Waals surface area contributed by atoms with Crippen LogP contribution in [0.25, 0.3) is 0 Å². The molecule has 0 bridgehead atoms. The average molecular weight is 315 g/mol. The monoisotopic (exact) mass is 315 g/mol. The summed E-state index contributed by atoms with van der Waals surface area (Å²) in [6.07, 6.45) is 2.89. The Bertz CT molecular complexity index is 796. The minimum atomic E-state index is -3.50. The Balaban J connectivity index is 1.93. The molecule has 0 spiro atoms. The zero-order valence-corrected chi connectivity index (χ0v) is 13.8. The van der Waals surface area contributed by atoms with Crippen molar-refractivity contribution in [1.82, 2.24) is 4.72 Å². The van der Waals surface area contributed by atoms with Crippen LogP contribution < -0.4 is 4.72 Å². The van der Waals surface area contributed by atoms with Gasteiger partial charge in [-0.1, -0.05) is 42.0 Å². The highest BCUT2D eigenvalue weighted by atomic mass is 32.2. The van der Waals surface area contributed by atoms with Crippen molar-refractivity contribution >= 4 is 10.0 Å². The van der Waals surface area contributed by atoms with E-state index in [0.29, 0.717) is 4.90 Å². The summed E-state index contributed by atoms with van der Waals surface area (Å²) in [7, 11) is -3.50. The molecular formula is C18H21NO2S. The molecule has 0 aromatic heterocycles. The first-order chi connectivity index (χ1) is 10.5. The van der Waals surface area contributed by atoms with Gasteiger partial charge in [-0.25, -0.2) is 13.1 Å². The lowest BCUT2D eigenvalue weighted by Gasteiger charge is -2.26. The molecule has 1 aliphatic carbocycles. The normalized spacial score (nSPS) is 18.0. The van der Waals surface area contributed by atoms with Crippen molar-refractivity contribution in [3.05, 3.63) is 64.7 Å². The number of hydrogen-bond donors (Lipinski definition) is 1. The topological polar surface area (TPSA) is 46.2 Å². The van der Waals surface area contributed by atoms with Crippen LogP contribution in [0.15, 0.2) is 47.4 Å². The van der Waals surface area contributed by atoms with Crippen LogP contribution in [0.3, 0.4) is 0 Å². The lowest BCUT2D eigenvalue weighted by atomic mass is 9.88. The summed E-state index contributed by atoms with van der Waals surface area (Å²) in [6, 6.07) is 13.4. The van der Waals surface area contributed by atoms with Crippen LogP contribution in [0.1, 0.15) is 41.1 Å². The van der Waals surface area contributed by atoms with E-state index >= 15 is 0 Å². The third-order valence-electron chi connectivity index (χ3n) is 4.29. The number of rotatable bonds is 3. The van der Waals surface area contributed by atoms with Gasteiger partial charge in [-0.15, -0.1) is 0 Å². The van der Waals surface area contributed by atoms with E-state index in [9.17, 15) is 8.42 Å². The number of nitrogens with one attached hydrogen (secondary N) is 1. The van der Waals surface area contributed by atoms with Crippen LogP contribution in [-0.2, 0) is 16.4 Å². The van der Waals surface area contributed by atoms with E-state index in [4.69, 9.17) is 0 Å². The highest BCUT2D eigenvalue weighted by Gasteiger charge is 2.26. The fourth-order valence-corrected chi connectivity index (χ4v) is 4.70. The Labute approximate surface area is 132 Å². The average Bonchev–Trinajstić information content (AvgIpc) is 2.47. The second-order valence-electron chi connectivity index (χ2n) is 6.03. The van der Waals surface area contributed by atoms with Crippen LogP contribution >= 0.6 is 0 Å². The molecule has 3 rings (SSSR count). The molecule has 0 saturated heterocycles. The van der Waals surface area contributed by atoms with Gasteiger partial charge in [0.05, 0.1) is 4.90 Å². The molecule has 3 nitrogen and oxygen atoms in total. The fraction of sp³-hybridized carbons (Fsp3) is 0.333. The van der Waals surface area contributed by atoms with Gasteiger partial charge in [-0.3, -0.25) is 0 Å². The minimum Gasteiger partial charge on any atom is -0.207 e. The number of hydrogen-bond acceptors (Lipinski definition) is 2. The molecule has 1 N–H and O–H groups in total. The maximum atomic E-state index is 12.7. The van der Waals surface area contributed by atoms with Crippen molar-refractivity contribution in [3.63, 3.8) is 0 Å². The molecule has 0 heterocycles. The van der Waals surface area contributed by atoms with Crippen LogP contribution in [0.2, 0.25) is 0 Å². The Morgan fingerprint density at radius 2 is 1.86 bits per heavy atom. The molecule has 0 saturated carbocycles. The minimum absolute atomic E-state index is 0.129. The van der Waals surface area contributed by atoms with Crippen molar-refractivity contribution in [2.75, 3.05) is 0 Å². The number of aryl methyl sites for hydroxylation is 3. The Hall–Kier alpha value is -1.65. The summed E-state index contributed by atoms with van der Waals surface area (Å²) in [5.41, 5.74) is 4.22.